The molecule has 0 heterocycles. The van der Waals surface area contributed by atoms with E-state index in [1.54, 1.807) is 20.8 Å². The zero-order valence-corrected chi connectivity index (χ0v) is 28.1. The summed E-state index contributed by atoms with van der Waals surface area (Å²) in [6, 6.07) is 0. The van der Waals surface area contributed by atoms with Gasteiger partial charge in [-0.25, -0.2) is 9.59 Å². The Bertz CT molecular complexity index is 680. The van der Waals surface area contributed by atoms with Crippen LogP contribution in [0.5, 0.6) is 0 Å². The molecule has 9 nitrogen and oxygen atoms in total. The first kappa shape index (κ1) is 39.0. The van der Waals surface area contributed by atoms with E-state index in [4.69, 9.17) is 23.7 Å². The SMILES string of the molecule is CC(C)CC(CC(C)C)OC(=O)OCCN(CCOC(=O)OC(CC(C)C)CC(C)C)CC(C)OC(=O)C(C)(C)C. The molecule has 0 aliphatic heterocycles. The summed E-state index contributed by atoms with van der Waals surface area (Å²) >= 11 is 0. The number of carbonyl (C=O) groups is 3. The lowest BCUT2D eigenvalue weighted by molar-refractivity contribution is -0.158. The standard InChI is InChI=1S/C32H61NO8/c1-22(2)17-27(18-23(3)4)40-30(35)37-15-13-33(21-26(9)39-29(34)32(10,11)12)14-16-38-31(36)41-28(19-24(5)6)20-25(7)8/h22-28H,13-21H2,1-12H3. The summed E-state index contributed by atoms with van der Waals surface area (Å²) < 4.78 is 27.6. The fourth-order valence-electron chi connectivity index (χ4n) is 4.40. The predicted octanol–water partition coefficient (Wildman–Crippen LogP) is 7.49. The largest absolute Gasteiger partial charge is 0.508 e. The highest BCUT2D eigenvalue weighted by Crippen LogP contribution is 2.19. The number of carbonyl (C=O) groups excluding carboxylic acids is 3. The van der Waals surface area contributed by atoms with E-state index in [0.29, 0.717) is 43.3 Å². The van der Waals surface area contributed by atoms with Crippen LogP contribution >= 0.6 is 0 Å². The van der Waals surface area contributed by atoms with Gasteiger partial charge in [-0.15, -0.1) is 0 Å². The van der Waals surface area contributed by atoms with E-state index in [-0.39, 0.29) is 31.4 Å². The third-order valence-electron chi connectivity index (χ3n) is 6.15. The third-order valence-corrected chi connectivity index (χ3v) is 6.15. The van der Waals surface area contributed by atoms with E-state index < -0.39 is 23.8 Å². The van der Waals surface area contributed by atoms with Gasteiger partial charge in [0.15, 0.2) is 0 Å². The molecule has 1 atom stereocenters. The number of hydrogen-bond acceptors (Lipinski definition) is 9. The van der Waals surface area contributed by atoms with Crippen molar-refractivity contribution in [3.63, 3.8) is 0 Å². The van der Waals surface area contributed by atoms with Gasteiger partial charge >= 0.3 is 18.3 Å². The van der Waals surface area contributed by atoms with Gasteiger partial charge in [0.2, 0.25) is 0 Å². The zero-order valence-electron chi connectivity index (χ0n) is 28.1. The highest BCUT2D eigenvalue weighted by Gasteiger charge is 2.26. The highest BCUT2D eigenvalue weighted by atomic mass is 16.7. The monoisotopic (exact) mass is 587 g/mol. The summed E-state index contributed by atoms with van der Waals surface area (Å²) in [5.41, 5.74) is -0.621. The Morgan fingerprint density at radius 3 is 1.22 bits per heavy atom. The normalized spacial score (nSPS) is 13.0. The van der Waals surface area contributed by atoms with Crippen LogP contribution in [0.15, 0.2) is 0 Å². The van der Waals surface area contributed by atoms with Crippen molar-refractivity contribution >= 4 is 18.3 Å². The van der Waals surface area contributed by atoms with E-state index in [1.807, 2.05) is 11.8 Å². The van der Waals surface area contributed by atoms with Gasteiger partial charge < -0.3 is 23.7 Å². The zero-order chi connectivity index (χ0) is 31.8. The molecular weight excluding hydrogens is 526 g/mol. The molecule has 0 spiro atoms. The summed E-state index contributed by atoms with van der Waals surface area (Å²) in [5.74, 6) is 1.30. The third kappa shape index (κ3) is 21.3. The van der Waals surface area contributed by atoms with Gasteiger partial charge in [0.05, 0.1) is 5.41 Å². The summed E-state index contributed by atoms with van der Waals surface area (Å²) in [6.07, 6.45) is 0.933. The van der Waals surface area contributed by atoms with E-state index in [2.05, 4.69) is 55.4 Å². The van der Waals surface area contributed by atoms with Gasteiger partial charge in [0.25, 0.3) is 0 Å². The molecule has 0 rings (SSSR count). The smallest absolute Gasteiger partial charge is 0.461 e. The molecule has 0 aliphatic rings. The van der Waals surface area contributed by atoms with Crippen molar-refractivity contribution in [1.29, 1.82) is 0 Å². The molecule has 9 heteroatoms. The van der Waals surface area contributed by atoms with E-state index in [9.17, 15) is 14.4 Å². The Morgan fingerprint density at radius 1 is 0.585 bits per heavy atom. The maximum absolute atomic E-state index is 12.4. The lowest BCUT2D eigenvalue weighted by atomic mass is 9.97. The minimum absolute atomic E-state index is 0.0874. The average molecular weight is 588 g/mol. The highest BCUT2D eigenvalue weighted by molar-refractivity contribution is 5.75. The Kier molecular flexibility index (Phi) is 19.0. The number of nitrogens with zero attached hydrogens (tertiary/aromatic N) is 1. The van der Waals surface area contributed by atoms with Crippen LogP contribution in [0.1, 0.15) is 109 Å². The molecule has 0 radical (unpaired) electrons. The van der Waals surface area contributed by atoms with Crippen LogP contribution in [0.25, 0.3) is 0 Å². The molecule has 0 saturated carbocycles. The van der Waals surface area contributed by atoms with Gasteiger partial charge in [-0.3, -0.25) is 9.69 Å². The van der Waals surface area contributed by atoms with E-state index in [1.165, 1.54) is 0 Å². The van der Waals surface area contributed by atoms with Crippen LogP contribution in [-0.2, 0) is 28.5 Å². The fraction of sp³-hybridized carbons (Fsp3) is 0.906. The Labute approximate surface area is 250 Å². The second kappa shape index (κ2) is 20.0. The molecule has 242 valence electrons. The van der Waals surface area contributed by atoms with Crippen LogP contribution in [0, 0.1) is 29.1 Å². The number of esters is 1. The molecule has 0 fully saturated rings. The first-order valence-corrected chi connectivity index (χ1v) is 15.5. The Balaban J connectivity index is 5.08. The molecule has 0 aromatic heterocycles. The van der Waals surface area contributed by atoms with Crippen molar-refractivity contribution in [1.82, 2.24) is 4.90 Å². The first-order chi connectivity index (χ1) is 18.9. The Hall–Kier alpha value is -2.03. The lowest BCUT2D eigenvalue weighted by Gasteiger charge is -2.27. The van der Waals surface area contributed by atoms with Crippen LogP contribution in [0.3, 0.4) is 0 Å². The number of rotatable bonds is 19. The van der Waals surface area contributed by atoms with Crippen molar-refractivity contribution < 1.29 is 38.1 Å². The van der Waals surface area contributed by atoms with Crippen molar-refractivity contribution in [2.45, 2.75) is 127 Å². The minimum Gasteiger partial charge on any atom is -0.461 e. The van der Waals surface area contributed by atoms with E-state index in [0.717, 1.165) is 25.7 Å². The summed E-state index contributed by atoms with van der Waals surface area (Å²) in [4.78, 5) is 39.1. The van der Waals surface area contributed by atoms with Crippen molar-refractivity contribution in [2.75, 3.05) is 32.8 Å². The van der Waals surface area contributed by atoms with Gasteiger partial charge in [0, 0.05) is 19.6 Å². The van der Waals surface area contributed by atoms with Crippen LogP contribution in [-0.4, -0.2) is 74.3 Å². The molecule has 0 saturated heterocycles. The molecule has 0 amide bonds. The quantitative estimate of drug-likeness (QED) is 0.112. The van der Waals surface area contributed by atoms with Gasteiger partial charge in [-0.05, 0) is 77.0 Å². The number of ether oxygens (including phenoxy) is 5. The molecule has 1 unspecified atom stereocenters. The second-order valence-corrected chi connectivity index (χ2v) is 14.0. The molecular formula is C32H61NO8. The fourth-order valence-corrected chi connectivity index (χ4v) is 4.40. The lowest BCUT2D eigenvalue weighted by Crippen LogP contribution is -2.40. The summed E-state index contributed by atoms with van der Waals surface area (Å²) in [5, 5.41) is 0. The van der Waals surface area contributed by atoms with Gasteiger partial charge in [0.1, 0.15) is 31.5 Å². The minimum atomic E-state index is -0.690. The maximum atomic E-state index is 12.4. The van der Waals surface area contributed by atoms with Crippen LogP contribution < -0.4 is 0 Å². The second-order valence-electron chi connectivity index (χ2n) is 14.0. The van der Waals surface area contributed by atoms with Crippen LogP contribution in [0.4, 0.5) is 9.59 Å². The van der Waals surface area contributed by atoms with Crippen molar-refractivity contribution in [3.8, 4) is 0 Å². The molecule has 0 bridgehead atoms. The predicted molar refractivity (Wildman–Crippen MR) is 162 cm³/mol. The molecule has 0 aromatic carbocycles. The number of hydrogen-bond donors (Lipinski definition) is 0. The Morgan fingerprint density at radius 2 is 0.927 bits per heavy atom. The first-order valence-electron chi connectivity index (χ1n) is 15.5. The molecule has 0 N–H and O–H groups in total. The summed E-state index contributed by atoms with van der Waals surface area (Å²) in [7, 11) is 0. The van der Waals surface area contributed by atoms with Gasteiger partial charge in [-0.2, -0.15) is 0 Å². The molecule has 0 aliphatic carbocycles. The average Bonchev–Trinajstić information content (AvgIpc) is 2.76. The molecule has 0 aromatic rings. The topological polar surface area (TPSA) is 101 Å². The van der Waals surface area contributed by atoms with Gasteiger partial charge in [-0.1, -0.05) is 55.4 Å². The van der Waals surface area contributed by atoms with Crippen molar-refractivity contribution in [2.24, 2.45) is 29.1 Å². The summed E-state index contributed by atoms with van der Waals surface area (Å²) in [6.45, 7) is 25.3. The van der Waals surface area contributed by atoms with Crippen LogP contribution in [0.2, 0.25) is 0 Å². The van der Waals surface area contributed by atoms with E-state index >= 15 is 0 Å². The molecule has 41 heavy (non-hydrogen) atoms. The maximum Gasteiger partial charge on any atom is 0.508 e. The van der Waals surface area contributed by atoms with Crippen molar-refractivity contribution in [3.05, 3.63) is 0 Å².